The van der Waals surface area contributed by atoms with Crippen LogP contribution in [-0.2, 0) is 14.3 Å². The molecule has 1 aromatic carbocycles. The first kappa shape index (κ1) is 14.5. The summed E-state index contributed by atoms with van der Waals surface area (Å²) in [7, 11) is -3.68. The Morgan fingerprint density at radius 1 is 1.24 bits per heavy atom. The van der Waals surface area contributed by atoms with Crippen molar-refractivity contribution < 1.29 is 12.6 Å². The number of benzene rings is 1. The first-order valence-electron chi connectivity index (χ1n) is 5.29. The molecule has 0 saturated heterocycles. The highest BCUT2D eigenvalue weighted by atomic mass is 35.5. The third kappa shape index (κ3) is 4.30. The van der Waals surface area contributed by atoms with Gasteiger partial charge in [0.1, 0.15) is 0 Å². The Morgan fingerprint density at radius 2 is 1.76 bits per heavy atom. The van der Waals surface area contributed by atoms with Gasteiger partial charge in [-0.15, -0.1) is 11.6 Å². The largest absolute Gasteiger partial charge is 0.296 e. The van der Waals surface area contributed by atoms with Gasteiger partial charge >= 0.3 is 0 Å². The maximum absolute atomic E-state index is 11.8. The minimum Gasteiger partial charge on any atom is -0.266 e. The van der Waals surface area contributed by atoms with Gasteiger partial charge in [-0.05, 0) is 19.1 Å². The Bertz CT molecular complexity index is 463. The van der Waals surface area contributed by atoms with E-state index in [1.165, 1.54) is 0 Å². The summed E-state index contributed by atoms with van der Waals surface area (Å²) in [4.78, 5) is 0.175. The highest BCUT2D eigenvalue weighted by Gasteiger charge is 2.22. The molecule has 1 rings (SSSR count). The fourth-order valence-electron chi connectivity index (χ4n) is 1.05. The van der Waals surface area contributed by atoms with Crippen LogP contribution in [0.4, 0.5) is 0 Å². The average Bonchev–Trinajstić information content (AvgIpc) is 2.27. The van der Waals surface area contributed by atoms with E-state index < -0.39 is 10.1 Å². The molecule has 96 valence electrons. The summed E-state index contributed by atoms with van der Waals surface area (Å²) in [6.45, 7) is 5.68. The molecule has 0 aliphatic carbocycles. The monoisotopic (exact) mass is 276 g/mol. The van der Waals surface area contributed by atoms with Gasteiger partial charge in [-0.3, -0.25) is 4.18 Å². The van der Waals surface area contributed by atoms with Crippen LogP contribution in [0.3, 0.4) is 0 Å². The van der Waals surface area contributed by atoms with Crippen molar-refractivity contribution in [2.24, 2.45) is 5.41 Å². The summed E-state index contributed by atoms with van der Waals surface area (Å²) in [5, 5.41) is 0. The van der Waals surface area contributed by atoms with Crippen molar-refractivity contribution in [3.8, 4) is 0 Å². The Morgan fingerprint density at radius 3 is 2.24 bits per heavy atom. The fourth-order valence-corrected chi connectivity index (χ4v) is 2.21. The molecule has 0 heterocycles. The maximum atomic E-state index is 11.8. The normalized spacial score (nSPS) is 12.7. The third-order valence-electron chi connectivity index (χ3n) is 2.28. The Labute approximate surface area is 108 Å². The van der Waals surface area contributed by atoms with Crippen LogP contribution in [0.25, 0.3) is 0 Å². The molecule has 0 aliphatic rings. The van der Waals surface area contributed by atoms with Gasteiger partial charge < -0.3 is 0 Å². The quantitative estimate of drug-likeness (QED) is 0.613. The third-order valence-corrected chi connectivity index (χ3v) is 4.28. The number of hydrogen-bond acceptors (Lipinski definition) is 3. The molecule has 0 fully saturated rings. The second kappa shape index (κ2) is 5.38. The van der Waals surface area contributed by atoms with E-state index in [1.807, 2.05) is 20.8 Å². The molecule has 0 unspecified atom stereocenters. The van der Waals surface area contributed by atoms with Gasteiger partial charge in [0, 0.05) is 11.3 Å². The van der Waals surface area contributed by atoms with Crippen molar-refractivity contribution in [3.05, 3.63) is 29.8 Å². The molecule has 0 bridgehead atoms. The maximum Gasteiger partial charge on any atom is 0.296 e. The summed E-state index contributed by atoms with van der Waals surface area (Å²) in [6.07, 6.45) is 0. The molecule has 0 aromatic heterocycles. The van der Waals surface area contributed by atoms with Crippen molar-refractivity contribution in [2.45, 2.75) is 25.7 Å². The molecule has 0 aliphatic heterocycles. The molecule has 3 nitrogen and oxygen atoms in total. The topological polar surface area (TPSA) is 43.4 Å². The van der Waals surface area contributed by atoms with E-state index in [1.54, 1.807) is 24.3 Å². The molecule has 0 radical (unpaired) electrons. The lowest BCUT2D eigenvalue weighted by molar-refractivity contribution is 0.206. The number of hydrogen-bond donors (Lipinski definition) is 0. The van der Waals surface area contributed by atoms with Gasteiger partial charge in [-0.1, -0.05) is 31.5 Å². The number of rotatable bonds is 5. The smallest absolute Gasteiger partial charge is 0.266 e. The Kier molecular flexibility index (Phi) is 4.58. The molecule has 0 saturated carbocycles. The SMILES string of the molecule is Cc1ccc(S(=O)(=O)OCC(C)(C)CCl)cc1. The van der Waals surface area contributed by atoms with E-state index in [0.29, 0.717) is 5.88 Å². The van der Waals surface area contributed by atoms with Gasteiger partial charge in [0.25, 0.3) is 10.1 Å². The Balaban J connectivity index is 2.79. The molecular formula is C12H17ClO3S. The molecule has 0 N–H and O–H groups in total. The summed E-state index contributed by atoms with van der Waals surface area (Å²) in [5.74, 6) is 0.344. The van der Waals surface area contributed by atoms with Crippen LogP contribution in [0.1, 0.15) is 19.4 Å². The van der Waals surface area contributed by atoms with Crippen molar-refractivity contribution >= 4 is 21.7 Å². The minimum atomic E-state index is -3.68. The fraction of sp³-hybridized carbons (Fsp3) is 0.500. The predicted molar refractivity (Wildman–Crippen MR) is 68.8 cm³/mol. The first-order chi connectivity index (χ1) is 7.77. The average molecular weight is 277 g/mol. The van der Waals surface area contributed by atoms with Crippen molar-refractivity contribution in [1.29, 1.82) is 0 Å². The Hall–Kier alpha value is -0.580. The lowest BCUT2D eigenvalue weighted by Gasteiger charge is -2.20. The molecule has 0 spiro atoms. The van der Waals surface area contributed by atoms with Gasteiger partial charge in [-0.2, -0.15) is 8.42 Å². The van der Waals surface area contributed by atoms with Crippen LogP contribution in [0, 0.1) is 12.3 Å². The summed E-state index contributed by atoms with van der Waals surface area (Å²) < 4.78 is 28.7. The van der Waals surface area contributed by atoms with E-state index in [-0.39, 0.29) is 16.9 Å². The molecule has 5 heteroatoms. The second-order valence-electron chi connectivity index (χ2n) is 4.83. The standard InChI is InChI=1S/C12H17ClO3S/c1-10-4-6-11(7-5-10)17(14,15)16-9-12(2,3)8-13/h4-7H,8-9H2,1-3H3. The van der Waals surface area contributed by atoms with E-state index in [0.717, 1.165) is 5.56 Å². The molecule has 1 aromatic rings. The van der Waals surface area contributed by atoms with Gasteiger partial charge in [-0.25, -0.2) is 0 Å². The van der Waals surface area contributed by atoms with Crippen LogP contribution in [0.5, 0.6) is 0 Å². The van der Waals surface area contributed by atoms with Crippen molar-refractivity contribution in [2.75, 3.05) is 12.5 Å². The van der Waals surface area contributed by atoms with Gasteiger partial charge in [0.15, 0.2) is 0 Å². The van der Waals surface area contributed by atoms with Gasteiger partial charge in [0.05, 0.1) is 11.5 Å². The zero-order valence-electron chi connectivity index (χ0n) is 10.2. The van der Waals surface area contributed by atoms with Crippen molar-refractivity contribution in [1.82, 2.24) is 0 Å². The highest BCUT2D eigenvalue weighted by molar-refractivity contribution is 7.86. The second-order valence-corrected chi connectivity index (χ2v) is 6.71. The lowest BCUT2D eigenvalue weighted by atomic mass is 9.99. The van der Waals surface area contributed by atoms with Gasteiger partial charge in [0.2, 0.25) is 0 Å². The van der Waals surface area contributed by atoms with E-state index in [2.05, 4.69) is 0 Å². The summed E-state index contributed by atoms with van der Waals surface area (Å²) in [6, 6.07) is 6.56. The zero-order valence-corrected chi connectivity index (χ0v) is 11.8. The molecule has 0 atom stereocenters. The van der Waals surface area contributed by atoms with E-state index in [4.69, 9.17) is 15.8 Å². The van der Waals surface area contributed by atoms with Crippen LogP contribution in [-0.4, -0.2) is 20.9 Å². The van der Waals surface area contributed by atoms with Crippen LogP contribution >= 0.6 is 11.6 Å². The van der Waals surface area contributed by atoms with E-state index in [9.17, 15) is 8.42 Å². The number of halogens is 1. The molecule has 0 amide bonds. The van der Waals surface area contributed by atoms with Crippen LogP contribution in [0.15, 0.2) is 29.2 Å². The summed E-state index contributed by atoms with van der Waals surface area (Å²) in [5.41, 5.74) is 0.643. The van der Waals surface area contributed by atoms with Crippen molar-refractivity contribution in [3.63, 3.8) is 0 Å². The highest BCUT2D eigenvalue weighted by Crippen LogP contribution is 2.21. The summed E-state index contributed by atoms with van der Waals surface area (Å²) >= 11 is 5.71. The number of aryl methyl sites for hydroxylation is 1. The molecule has 17 heavy (non-hydrogen) atoms. The minimum absolute atomic E-state index is 0.0761. The first-order valence-corrected chi connectivity index (χ1v) is 7.23. The predicted octanol–water partition coefficient (Wildman–Crippen LogP) is 2.97. The van der Waals surface area contributed by atoms with Crippen LogP contribution < -0.4 is 0 Å². The van der Waals surface area contributed by atoms with Crippen LogP contribution in [0.2, 0.25) is 0 Å². The lowest BCUT2D eigenvalue weighted by Crippen LogP contribution is -2.23. The van der Waals surface area contributed by atoms with E-state index >= 15 is 0 Å². The zero-order chi connectivity index (χ0) is 13.1. The molecular weight excluding hydrogens is 260 g/mol. The number of alkyl halides is 1.